The molecule has 0 heterocycles. The number of sulfone groups is 1. The molecule has 0 bridgehead atoms. The minimum Gasteiger partial charge on any atom is -0.393 e. The third-order valence-electron chi connectivity index (χ3n) is 4.87. The second kappa shape index (κ2) is 5.91. The van der Waals surface area contributed by atoms with E-state index in [-0.39, 0.29) is 17.3 Å². The summed E-state index contributed by atoms with van der Waals surface area (Å²) >= 11 is 0. The van der Waals surface area contributed by atoms with Gasteiger partial charge < -0.3 is 5.11 Å². The largest absolute Gasteiger partial charge is 0.393 e. The van der Waals surface area contributed by atoms with Crippen molar-refractivity contribution >= 4 is 9.84 Å². The molecule has 2 aliphatic rings. The molecule has 2 rings (SSSR count). The van der Waals surface area contributed by atoms with Gasteiger partial charge in [0.15, 0.2) is 0 Å². The Morgan fingerprint density at radius 2 is 1.78 bits per heavy atom. The van der Waals surface area contributed by atoms with E-state index in [1.54, 1.807) is 0 Å². The summed E-state index contributed by atoms with van der Waals surface area (Å²) in [6, 6.07) is 0. The molecule has 106 valence electrons. The highest BCUT2D eigenvalue weighted by Gasteiger charge is 2.33. The fourth-order valence-electron chi connectivity index (χ4n) is 3.70. The minimum atomic E-state index is -2.93. The molecule has 0 spiro atoms. The van der Waals surface area contributed by atoms with Gasteiger partial charge in [0.05, 0.1) is 11.4 Å². The molecule has 0 aromatic carbocycles. The zero-order valence-electron chi connectivity index (χ0n) is 11.3. The van der Waals surface area contributed by atoms with Crippen molar-refractivity contribution in [3.8, 4) is 0 Å². The third kappa shape index (κ3) is 3.70. The standard InChI is InChI=1S/C14H26O3S/c1-18(16,17)13-8-4-7-12(10-13)14(15)9-11-5-2-3-6-11/h11-15H,2-10H2,1H3. The van der Waals surface area contributed by atoms with Gasteiger partial charge in [0.1, 0.15) is 9.84 Å². The van der Waals surface area contributed by atoms with Crippen molar-refractivity contribution in [2.75, 3.05) is 6.26 Å². The highest BCUT2D eigenvalue weighted by Crippen LogP contribution is 2.35. The molecular weight excluding hydrogens is 248 g/mol. The predicted molar refractivity (Wildman–Crippen MR) is 73.2 cm³/mol. The van der Waals surface area contributed by atoms with Gasteiger partial charge in [0.25, 0.3) is 0 Å². The molecular formula is C14H26O3S. The van der Waals surface area contributed by atoms with Crippen LogP contribution < -0.4 is 0 Å². The van der Waals surface area contributed by atoms with Crippen molar-refractivity contribution < 1.29 is 13.5 Å². The molecule has 0 radical (unpaired) electrons. The zero-order chi connectivity index (χ0) is 13.2. The number of hydrogen-bond donors (Lipinski definition) is 1. The van der Waals surface area contributed by atoms with Gasteiger partial charge in [-0.1, -0.05) is 32.1 Å². The second-order valence-corrected chi connectivity index (χ2v) is 8.66. The molecule has 2 aliphatic carbocycles. The first-order valence-electron chi connectivity index (χ1n) is 7.33. The lowest BCUT2D eigenvalue weighted by Crippen LogP contribution is -2.33. The maximum absolute atomic E-state index is 11.6. The fourth-order valence-corrected chi connectivity index (χ4v) is 4.89. The van der Waals surface area contributed by atoms with Gasteiger partial charge in [0, 0.05) is 6.26 Å². The van der Waals surface area contributed by atoms with Gasteiger partial charge in [0.2, 0.25) is 0 Å². The molecule has 3 nitrogen and oxygen atoms in total. The van der Waals surface area contributed by atoms with Gasteiger partial charge in [-0.05, 0) is 37.5 Å². The van der Waals surface area contributed by atoms with Crippen LogP contribution in [0.25, 0.3) is 0 Å². The first kappa shape index (κ1) is 14.3. The topological polar surface area (TPSA) is 54.4 Å². The van der Waals surface area contributed by atoms with Crippen molar-refractivity contribution in [3.05, 3.63) is 0 Å². The molecule has 18 heavy (non-hydrogen) atoms. The smallest absolute Gasteiger partial charge is 0.150 e. The van der Waals surface area contributed by atoms with Crippen LogP contribution in [0.4, 0.5) is 0 Å². The van der Waals surface area contributed by atoms with E-state index in [1.807, 2.05) is 0 Å². The van der Waals surface area contributed by atoms with E-state index in [0.29, 0.717) is 12.3 Å². The van der Waals surface area contributed by atoms with E-state index in [0.717, 1.165) is 25.7 Å². The number of hydrogen-bond acceptors (Lipinski definition) is 3. The molecule has 0 aromatic heterocycles. The molecule has 1 N–H and O–H groups in total. The molecule has 3 atom stereocenters. The lowest BCUT2D eigenvalue weighted by molar-refractivity contribution is 0.0637. The minimum absolute atomic E-state index is 0.207. The summed E-state index contributed by atoms with van der Waals surface area (Å²) in [4.78, 5) is 0. The van der Waals surface area contributed by atoms with Gasteiger partial charge in [-0.3, -0.25) is 0 Å². The maximum atomic E-state index is 11.6. The van der Waals surface area contributed by atoms with Crippen molar-refractivity contribution in [2.45, 2.75) is 69.1 Å². The van der Waals surface area contributed by atoms with E-state index in [9.17, 15) is 13.5 Å². The van der Waals surface area contributed by atoms with Crippen LogP contribution in [-0.2, 0) is 9.84 Å². The van der Waals surface area contributed by atoms with E-state index in [1.165, 1.54) is 31.9 Å². The lowest BCUT2D eigenvalue weighted by atomic mass is 9.81. The highest BCUT2D eigenvalue weighted by atomic mass is 32.2. The average molecular weight is 274 g/mol. The van der Waals surface area contributed by atoms with E-state index >= 15 is 0 Å². The normalized spacial score (nSPS) is 32.6. The number of aliphatic hydroxyl groups excluding tert-OH is 1. The number of rotatable bonds is 4. The van der Waals surface area contributed by atoms with Gasteiger partial charge in [-0.15, -0.1) is 0 Å². The van der Waals surface area contributed by atoms with Crippen LogP contribution in [0.15, 0.2) is 0 Å². The van der Waals surface area contributed by atoms with E-state index in [4.69, 9.17) is 0 Å². The Morgan fingerprint density at radius 3 is 2.39 bits per heavy atom. The van der Waals surface area contributed by atoms with E-state index < -0.39 is 9.84 Å². The first-order valence-corrected chi connectivity index (χ1v) is 9.29. The summed E-state index contributed by atoms with van der Waals surface area (Å²) in [5, 5.41) is 10.1. The quantitative estimate of drug-likeness (QED) is 0.857. The van der Waals surface area contributed by atoms with Crippen molar-refractivity contribution in [3.63, 3.8) is 0 Å². The molecule has 2 saturated carbocycles. The molecule has 2 fully saturated rings. The second-order valence-electron chi connectivity index (χ2n) is 6.33. The molecule has 0 aliphatic heterocycles. The van der Waals surface area contributed by atoms with Crippen LogP contribution in [0, 0.1) is 11.8 Å². The average Bonchev–Trinajstić information content (AvgIpc) is 2.81. The van der Waals surface area contributed by atoms with Gasteiger partial charge in [-0.2, -0.15) is 0 Å². The van der Waals surface area contributed by atoms with E-state index in [2.05, 4.69) is 0 Å². The Kier molecular flexibility index (Phi) is 4.70. The Hall–Kier alpha value is -0.0900. The summed E-state index contributed by atoms with van der Waals surface area (Å²) in [7, 11) is -2.93. The Balaban J connectivity index is 1.87. The van der Waals surface area contributed by atoms with Crippen molar-refractivity contribution in [1.82, 2.24) is 0 Å². The zero-order valence-corrected chi connectivity index (χ0v) is 12.2. The molecule has 4 heteroatoms. The molecule has 0 amide bonds. The summed E-state index contributed by atoms with van der Waals surface area (Å²) in [5.41, 5.74) is 0. The maximum Gasteiger partial charge on any atom is 0.150 e. The highest BCUT2D eigenvalue weighted by molar-refractivity contribution is 7.91. The van der Waals surface area contributed by atoms with Crippen LogP contribution in [0.3, 0.4) is 0 Å². The summed E-state index contributed by atoms with van der Waals surface area (Å²) in [6.07, 6.45) is 10.4. The predicted octanol–water partition coefficient (Wildman–Crippen LogP) is 2.53. The summed E-state index contributed by atoms with van der Waals surface area (Å²) in [5.74, 6) is 0.887. The third-order valence-corrected chi connectivity index (χ3v) is 6.51. The Morgan fingerprint density at radius 1 is 1.11 bits per heavy atom. The SMILES string of the molecule is CS(=O)(=O)C1CCCC(C(O)CC2CCCC2)C1. The fraction of sp³-hybridized carbons (Fsp3) is 1.00. The van der Waals surface area contributed by atoms with Crippen LogP contribution in [-0.4, -0.2) is 31.1 Å². The van der Waals surface area contributed by atoms with Crippen LogP contribution in [0.5, 0.6) is 0 Å². The molecule has 0 saturated heterocycles. The van der Waals surface area contributed by atoms with Crippen LogP contribution in [0.1, 0.15) is 57.8 Å². The molecule has 3 unspecified atom stereocenters. The first-order chi connectivity index (χ1) is 8.47. The molecule has 0 aromatic rings. The van der Waals surface area contributed by atoms with Gasteiger partial charge >= 0.3 is 0 Å². The van der Waals surface area contributed by atoms with Crippen LogP contribution in [0.2, 0.25) is 0 Å². The lowest BCUT2D eigenvalue weighted by Gasteiger charge is -2.32. The van der Waals surface area contributed by atoms with Gasteiger partial charge in [-0.25, -0.2) is 8.42 Å². The monoisotopic (exact) mass is 274 g/mol. The Bertz CT molecular complexity index is 357. The summed E-state index contributed by atoms with van der Waals surface area (Å²) in [6.45, 7) is 0. The summed E-state index contributed by atoms with van der Waals surface area (Å²) < 4.78 is 23.2. The Labute approximate surface area is 111 Å². The number of aliphatic hydroxyl groups is 1. The van der Waals surface area contributed by atoms with Crippen molar-refractivity contribution in [2.24, 2.45) is 11.8 Å². The van der Waals surface area contributed by atoms with Crippen molar-refractivity contribution in [1.29, 1.82) is 0 Å². The van der Waals surface area contributed by atoms with Crippen LogP contribution >= 0.6 is 0 Å².